The van der Waals surface area contributed by atoms with Crippen LogP contribution in [0.2, 0.25) is 0 Å². The zero-order valence-corrected chi connectivity index (χ0v) is 13.9. The van der Waals surface area contributed by atoms with Crippen LogP contribution in [0.1, 0.15) is 53.2 Å². The van der Waals surface area contributed by atoms with Crippen LogP contribution in [-0.4, -0.2) is 52.7 Å². The molecule has 126 valence electrons. The summed E-state index contributed by atoms with van der Waals surface area (Å²) in [4.78, 5) is 29.4. The summed E-state index contributed by atoms with van der Waals surface area (Å²) in [5.74, 6) is -0.668. The van der Waals surface area contributed by atoms with Crippen LogP contribution in [-0.2, 0) is 4.74 Å². The number of pyridine rings is 1. The van der Waals surface area contributed by atoms with Gasteiger partial charge in [-0.3, -0.25) is 4.79 Å². The van der Waals surface area contributed by atoms with E-state index in [9.17, 15) is 9.59 Å². The van der Waals surface area contributed by atoms with E-state index in [1.807, 2.05) is 0 Å². The van der Waals surface area contributed by atoms with Crippen molar-refractivity contribution in [3.63, 3.8) is 0 Å². The number of aromatic carboxylic acids is 1. The highest BCUT2D eigenvalue weighted by atomic mass is 16.5. The molecule has 1 saturated heterocycles. The van der Waals surface area contributed by atoms with Crippen LogP contribution in [0.4, 0.5) is 0 Å². The van der Waals surface area contributed by atoms with Crippen molar-refractivity contribution in [1.29, 1.82) is 0 Å². The van der Waals surface area contributed by atoms with Gasteiger partial charge < -0.3 is 14.7 Å². The van der Waals surface area contributed by atoms with E-state index in [1.165, 1.54) is 12.1 Å². The largest absolute Gasteiger partial charge is 0.478 e. The first-order chi connectivity index (χ1) is 10.9. The van der Waals surface area contributed by atoms with Gasteiger partial charge in [0.15, 0.2) is 0 Å². The molecule has 1 aromatic rings. The standard InChI is InChI=1S/C17H24N2O4/c1-11(2)10-23-13-6-8-19(9-7-13)16(20)15-5-4-14(17(21)22)12(3)18-15/h4-5,11,13H,6-10H2,1-3H3,(H,21,22). The fraction of sp³-hybridized carbons (Fsp3) is 0.588. The number of carbonyl (C=O) groups excluding carboxylic acids is 1. The second kappa shape index (κ2) is 7.55. The molecule has 1 aromatic heterocycles. The Hall–Kier alpha value is -1.95. The second-order valence-corrected chi connectivity index (χ2v) is 6.35. The third-order valence-electron chi connectivity index (χ3n) is 3.93. The fourth-order valence-electron chi connectivity index (χ4n) is 2.62. The highest BCUT2D eigenvalue weighted by Gasteiger charge is 2.25. The molecule has 2 heterocycles. The number of rotatable bonds is 5. The number of carbonyl (C=O) groups is 2. The number of ether oxygens (including phenoxy) is 1. The van der Waals surface area contributed by atoms with Gasteiger partial charge >= 0.3 is 5.97 Å². The van der Waals surface area contributed by atoms with Crippen LogP contribution in [0.15, 0.2) is 12.1 Å². The molecular formula is C17H24N2O4. The third kappa shape index (κ3) is 4.51. The topological polar surface area (TPSA) is 79.7 Å². The zero-order valence-electron chi connectivity index (χ0n) is 13.9. The molecular weight excluding hydrogens is 296 g/mol. The molecule has 1 aliphatic heterocycles. The minimum absolute atomic E-state index is 0.127. The molecule has 0 atom stereocenters. The Labute approximate surface area is 136 Å². The van der Waals surface area contributed by atoms with Crippen molar-refractivity contribution in [2.75, 3.05) is 19.7 Å². The molecule has 0 aliphatic carbocycles. The van der Waals surface area contributed by atoms with Crippen molar-refractivity contribution >= 4 is 11.9 Å². The Bertz CT molecular complexity index is 578. The first-order valence-electron chi connectivity index (χ1n) is 8.00. The number of piperidine rings is 1. The highest BCUT2D eigenvalue weighted by molar-refractivity contribution is 5.94. The Morgan fingerprint density at radius 2 is 2.00 bits per heavy atom. The second-order valence-electron chi connectivity index (χ2n) is 6.35. The van der Waals surface area contributed by atoms with E-state index in [2.05, 4.69) is 18.8 Å². The van der Waals surface area contributed by atoms with Crippen LogP contribution < -0.4 is 0 Å². The smallest absolute Gasteiger partial charge is 0.337 e. The molecule has 6 nitrogen and oxygen atoms in total. The summed E-state index contributed by atoms with van der Waals surface area (Å²) < 4.78 is 5.82. The van der Waals surface area contributed by atoms with E-state index in [-0.39, 0.29) is 17.6 Å². The number of aromatic nitrogens is 1. The van der Waals surface area contributed by atoms with Crippen LogP contribution >= 0.6 is 0 Å². The van der Waals surface area contributed by atoms with E-state index in [4.69, 9.17) is 9.84 Å². The Balaban J connectivity index is 1.95. The number of carboxylic acid groups (broad SMARTS) is 1. The Morgan fingerprint density at radius 3 is 2.52 bits per heavy atom. The van der Waals surface area contributed by atoms with Gasteiger partial charge in [-0.05, 0) is 37.8 Å². The molecule has 0 radical (unpaired) electrons. The summed E-state index contributed by atoms with van der Waals surface area (Å²) in [6.07, 6.45) is 1.86. The van der Waals surface area contributed by atoms with Crippen LogP contribution in [0, 0.1) is 12.8 Å². The molecule has 0 bridgehead atoms. The van der Waals surface area contributed by atoms with E-state index < -0.39 is 5.97 Å². The minimum atomic E-state index is -1.03. The molecule has 6 heteroatoms. The van der Waals surface area contributed by atoms with Gasteiger partial charge in [0.25, 0.3) is 5.91 Å². The molecule has 1 fully saturated rings. The lowest BCUT2D eigenvalue weighted by Crippen LogP contribution is -2.41. The van der Waals surface area contributed by atoms with Crippen molar-refractivity contribution in [3.8, 4) is 0 Å². The van der Waals surface area contributed by atoms with Gasteiger partial charge in [0, 0.05) is 19.7 Å². The van der Waals surface area contributed by atoms with Crippen molar-refractivity contribution in [2.45, 2.75) is 39.7 Å². The number of hydrogen-bond acceptors (Lipinski definition) is 4. The number of aryl methyl sites for hydroxylation is 1. The molecule has 0 unspecified atom stereocenters. The summed E-state index contributed by atoms with van der Waals surface area (Å²) in [6, 6.07) is 2.93. The summed E-state index contributed by atoms with van der Waals surface area (Å²) in [7, 11) is 0. The Kier molecular flexibility index (Phi) is 5.71. The van der Waals surface area contributed by atoms with Gasteiger partial charge in [-0.15, -0.1) is 0 Å². The summed E-state index contributed by atoms with van der Waals surface area (Å²) in [6.45, 7) is 7.87. The quantitative estimate of drug-likeness (QED) is 0.901. The first-order valence-corrected chi connectivity index (χ1v) is 8.00. The van der Waals surface area contributed by atoms with E-state index in [1.54, 1.807) is 11.8 Å². The predicted octanol–water partition coefficient (Wildman–Crippen LogP) is 2.37. The lowest BCUT2D eigenvalue weighted by atomic mass is 10.1. The maximum absolute atomic E-state index is 12.5. The molecule has 0 aromatic carbocycles. The van der Waals surface area contributed by atoms with Gasteiger partial charge in [-0.1, -0.05) is 13.8 Å². The zero-order chi connectivity index (χ0) is 17.0. The summed E-state index contributed by atoms with van der Waals surface area (Å²) in [5, 5.41) is 9.01. The lowest BCUT2D eigenvalue weighted by Gasteiger charge is -2.32. The molecule has 23 heavy (non-hydrogen) atoms. The predicted molar refractivity (Wildman–Crippen MR) is 85.6 cm³/mol. The Morgan fingerprint density at radius 1 is 1.35 bits per heavy atom. The molecule has 2 rings (SSSR count). The summed E-state index contributed by atoms with van der Waals surface area (Å²) >= 11 is 0. The molecule has 1 aliphatic rings. The van der Waals surface area contributed by atoms with Crippen molar-refractivity contribution in [1.82, 2.24) is 9.88 Å². The van der Waals surface area contributed by atoms with Gasteiger partial charge in [-0.2, -0.15) is 0 Å². The lowest BCUT2D eigenvalue weighted by molar-refractivity contribution is -0.00244. The molecule has 0 spiro atoms. The maximum atomic E-state index is 12.5. The monoisotopic (exact) mass is 320 g/mol. The van der Waals surface area contributed by atoms with E-state index in [0.29, 0.717) is 30.4 Å². The number of likely N-dealkylation sites (tertiary alicyclic amines) is 1. The van der Waals surface area contributed by atoms with Gasteiger partial charge in [-0.25, -0.2) is 9.78 Å². The average molecular weight is 320 g/mol. The highest BCUT2D eigenvalue weighted by Crippen LogP contribution is 2.17. The van der Waals surface area contributed by atoms with Gasteiger partial charge in [0.2, 0.25) is 0 Å². The number of carboxylic acids is 1. The minimum Gasteiger partial charge on any atom is -0.478 e. The van der Waals surface area contributed by atoms with Crippen LogP contribution in [0.3, 0.4) is 0 Å². The maximum Gasteiger partial charge on any atom is 0.337 e. The average Bonchev–Trinajstić information content (AvgIpc) is 2.52. The number of amides is 1. The molecule has 1 N–H and O–H groups in total. The van der Waals surface area contributed by atoms with Crippen molar-refractivity contribution in [3.05, 3.63) is 29.1 Å². The fourth-order valence-corrected chi connectivity index (χ4v) is 2.62. The summed E-state index contributed by atoms with van der Waals surface area (Å²) in [5.41, 5.74) is 0.787. The van der Waals surface area contributed by atoms with E-state index in [0.717, 1.165) is 19.4 Å². The van der Waals surface area contributed by atoms with Crippen LogP contribution in [0.5, 0.6) is 0 Å². The van der Waals surface area contributed by atoms with Crippen LogP contribution in [0.25, 0.3) is 0 Å². The SMILES string of the molecule is Cc1nc(C(=O)N2CCC(OCC(C)C)CC2)ccc1C(=O)O. The van der Waals surface area contributed by atoms with Gasteiger partial charge in [0.1, 0.15) is 5.69 Å². The first kappa shape index (κ1) is 17.4. The van der Waals surface area contributed by atoms with Crippen molar-refractivity contribution < 1.29 is 19.4 Å². The molecule has 0 saturated carbocycles. The molecule has 1 amide bonds. The number of nitrogens with zero attached hydrogens (tertiary/aromatic N) is 2. The van der Waals surface area contributed by atoms with Crippen molar-refractivity contribution in [2.24, 2.45) is 5.92 Å². The normalized spacial score (nSPS) is 15.9. The number of hydrogen-bond donors (Lipinski definition) is 1. The van der Waals surface area contributed by atoms with E-state index >= 15 is 0 Å². The third-order valence-corrected chi connectivity index (χ3v) is 3.93. The van der Waals surface area contributed by atoms with Gasteiger partial charge in [0.05, 0.1) is 17.4 Å².